The molecule has 0 aliphatic heterocycles. The summed E-state index contributed by atoms with van der Waals surface area (Å²) < 4.78 is 11.1. The molecule has 0 fully saturated rings. The molecule has 0 aliphatic carbocycles. The Kier molecular flexibility index (Phi) is 4.57. The first-order chi connectivity index (χ1) is 11.2. The largest absolute Gasteiger partial charge is 0.496 e. The van der Waals surface area contributed by atoms with E-state index in [4.69, 9.17) is 9.15 Å². The van der Waals surface area contributed by atoms with Gasteiger partial charge in [-0.05, 0) is 26.0 Å². The highest BCUT2D eigenvalue weighted by atomic mass is 32.2. The summed E-state index contributed by atoms with van der Waals surface area (Å²) in [4.78, 5) is 8.51. The molecule has 0 aromatic carbocycles. The Morgan fingerprint density at radius 1 is 1.22 bits per heavy atom. The van der Waals surface area contributed by atoms with Gasteiger partial charge in [-0.3, -0.25) is 9.97 Å². The lowest BCUT2D eigenvalue weighted by Gasteiger charge is -2.11. The summed E-state index contributed by atoms with van der Waals surface area (Å²) in [7, 11) is 1.67. The average Bonchev–Trinajstić information content (AvgIpc) is 3.04. The third-order valence-electron chi connectivity index (χ3n) is 3.40. The van der Waals surface area contributed by atoms with Crippen LogP contribution in [0.25, 0.3) is 11.5 Å². The molecule has 0 saturated carbocycles. The first kappa shape index (κ1) is 15.5. The van der Waals surface area contributed by atoms with E-state index < -0.39 is 0 Å². The van der Waals surface area contributed by atoms with Crippen molar-refractivity contribution in [3.05, 3.63) is 47.5 Å². The van der Waals surface area contributed by atoms with Gasteiger partial charge < -0.3 is 9.15 Å². The minimum Gasteiger partial charge on any atom is -0.496 e. The Balaban J connectivity index is 1.74. The van der Waals surface area contributed by atoms with Crippen LogP contribution in [0.15, 0.2) is 40.4 Å². The van der Waals surface area contributed by atoms with Crippen LogP contribution in [0.4, 0.5) is 0 Å². The summed E-state index contributed by atoms with van der Waals surface area (Å²) in [6, 6.07) is 3.71. The van der Waals surface area contributed by atoms with E-state index in [0.717, 1.165) is 28.1 Å². The van der Waals surface area contributed by atoms with Crippen molar-refractivity contribution in [3.63, 3.8) is 0 Å². The van der Waals surface area contributed by atoms with Crippen molar-refractivity contribution in [3.8, 4) is 17.2 Å². The van der Waals surface area contributed by atoms with E-state index in [2.05, 4.69) is 20.2 Å². The van der Waals surface area contributed by atoms with Gasteiger partial charge >= 0.3 is 0 Å². The molecule has 0 unspecified atom stereocenters. The maximum absolute atomic E-state index is 5.65. The van der Waals surface area contributed by atoms with Gasteiger partial charge in [0.15, 0.2) is 0 Å². The highest BCUT2D eigenvalue weighted by Crippen LogP contribution is 2.29. The fourth-order valence-corrected chi connectivity index (χ4v) is 3.01. The van der Waals surface area contributed by atoms with E-state index in [-0.39, 0.29) is 0 Å². The molecule has 0 spiro atoms. The Bertz CT molecular complexity index is 805. The lowest BCUT2D eigenvalue weighted by Crippen LogP contribution is -1.98. The Morgan fingerprint density at radius 2 is 2.09 bits per heavy atom. The van der Waals surface area contributed by atoms with Crippen LogP contribution in [0.3, 0.4) is 0 Å². The van der Waals surface area contributed by atoms with Crippen molar-refractivity contribution in [2.45, 2.75) is 24.8 Å². The smallest absolute Gasteiger partial charge is 0.277 e. The van der Waals surface area contributed by atoms with Crippen molar-refractivity contribution >= 4 is 11.8 Å². The van der Waals surface area contributed by atoms with Crippen molar-refractivity contribution in [1.29, 1.82) is 0 Å². The molecule has 0 radical (unpaired) electrons. The number of thioether (sulfide) groups is 1. The second kappa shape index (κ2) is 6.78. The molecule has 23 heavy (non-hydrogen) atoms. The van der Waals surface area contributed by atoms with Gasteiger partial charge in [0.2, 0.25) is 5.89 Å². The van der Waals surface area contributed by atoms with Crippen molar-refractivity contribution in [2.24, 2.45) is 0 Å². The molecule has 3 heterocycles. The number of hydrogen-bond donors (Lipinski definition) is 0. The minimum atomic E-state index is 0.465. The van der Waals surface area contributed by atoms with Gasteiger partial charge in [-0.15, -0.1) is 10.2 Å². The van der Waals surface area contributed by atoms with Crippen LogP contribution in [0.2, 0.25) is 0 Å². The van der Waals surface area contributed by atoms with E-state index in [9.17, 15) is 0 Å². The number of rotatable bonds is 5. The molecule has 0 saturated heterocycles. The number of aromatic nitrogens is 4. The van der Waals surface area contributed by atoms with Crippen LogP contribution in [0, 0.1) is 13.8 Å². The topological polar surface area (TPSA) is 73.9 Å². The van der Waals surface area contributed by atoms with Crippen LogP contribution in [-0.4, -0.2) is 27.3 Å². The number of hydrogen-bond acceptors (Lipinski definition) is 7. The highest BCUT2D eigenvalue weighted by Gasteiger charge is 2.13. The summed E-state index contributed by atoms with van der Waals surface area (Å²) in [6.45, 7) is 3.98. The van der Waals surface area contributed by atoms with Crippen LogP contribution in [0.5, 0.6) is 5.75 Å². The molecule has 3 aromatic heterocycles. The summed E-state index contributed by atoms with van der Waals surface area (Å²) in [5.41, 5.74) is 3.80. The zero-order valence-corrected chi connectivity index (χ0v) is 13.9. The lowest BCUT2D eigenvalue weighted by atomic mass is 10.1. The lowest BCUT2D eigenvalue weighted by molar-refractivity contribution is 0.407. The van der Waals surface area contributed by atoms with Crippen LogP contribution >= 0.6 is 11.8 Å². The SMILES string of the molecule is COc1c(C)cnc(CSc2nnc(-c3cccnc3)o2)c1C. The average molecular weight is 328 g/mol. The van der Waals surface area contributed by atoms with E-state index in [1.807, 2.05) is 32.2 Å². The maximum Gasteiger partial charge on any atom is 0.277 e. The van der Waals surface area contributed by atoms with Crippen LogP contribution < -0.4 is 4.74 Å². The third-order valence-corrected chi connectivity index (χ3v) is 4.23. The molecule has 0 bridgehead atoms. The Labute approximate surface area is 138 Å². The van der Waals surface area contributed by atoms with Gasteiger partial charge in [-0.2, -0.15) is 0 Å². The fraction of sp³-hybridized carbons (Fsp3) is 0.250. The van der Waals surface area contributed by atoms with E-state index in [1.54, 1.807) is 19.5 Å². The van der Waals surface area contributed by atoms with E-state index in [1.165, 1.54) is 11.8 Å². The molecule has 3 rings (SSSR count). The summed E-state index contributed by atoms with van der Waals surface area (Å²) in [6.07, 6.45) is 5.21. The molecule has 118 valence electrons. The Morgan fingerprint density at radius 3 is 2.83 bits per heavy atom. The standard InChI is InChI=1S/C16H16N4O2S/c1-10-7-18-13(11(2)14(10)21-3)9-23-16-20-19-15(22-16)12-5-4-6-17-8-12/h4-8H,9H2,1-3H3. The number of nitrogens with zero attached hydrogens (tertiary/aromatic N) is 4. The molecule has 3 aromatic rings. The molecule has 0 amide bonds. The van der Waals surface area contributed by atoms with Crippen LogP contribution in [0.1, 0.15) is 16.8 Å². The minimum absolute atomic E-state index is 0.465. The van der Waals surface area contributed by atoms with Crippen LogP contribution in [-0.2, 0) is 5.75 Å². The Hall–Kier alpha value is -2.41. The quantitative estimate of drug-likeness (QED) is 0.664. The van der Waals surface area contributed by atoms with Crippen molar-refractivity contribution < 1.29 is 9.15 Å². The van der Waals surface area contributed by atoms with Gasteiger partial charge in [0.25, 0.3) is 5.22 Å². The summed E-state index contributed by atoms with van der Waals surface area (Å²) >= 11 is 1.45. The maximum atomic E-state index is 5.65. The molecule has 6 nitrogen and oxygen atoms in total. The number of aryl methyl sites for hydroxylation is 1. The number of ether oxygens (including phenoxy) is 1. The molecular weight excluding hydrogens is 312 g/mol. The molecule has 0 atom stereocenters. The van der Waals surface area contributed by atoms with Crippen molar-refractivity contribution in [2.75, 3.05) is 7.11 Å². The van der Waals surface area contributed by atoms with Gasteiger partial charge in [0.1, 0.15) is 5.75 Å². The van der Waals surface area contributed by atoms with E-state index >= 15 is 0 Å². The molecule has 7 heteroatoms. The normalized spacial score (nSPS) is 10.7. The molecular formula is C16H16N4O2S. The summed E-state index contributed by atoms with van der Waals surface area (Å²) in [5, 5.41) is 8.61. The predicted molar refractivity (Wildman–Crippen MR) is 87.4 cm³/mol. The zero-order valence-electron chi connectivity index (χ0n) is 13.1. The van der Waals surface area contributed by atoms with Gasteiger partial charge in [-0.1, -0.05) is 11.8 Å². The van der Waals surface area contributed by atoms with Gasteiger partial charge in [0, 0.05) is 35.5 Å². The second-order valence-electron chi connectivity index (χ2n) is 4.95. The molecule has 0 aliphatic rings. The second-order valence-corrected chi connectivity index (χ2v) is 5.88. The van der Waals surface area contributed by atoms with Gasteiger partial charge in [0.05, 0.1) is 18.4 Å². The van der Waals surface area contributed by atoms with E-state index in [0.29, 0.717) is 16.9 Å². The highest BCUT2D eigenvalue weighted by molar-refractivity contribution is 7.98. The first-order valence-electron chi connectivity index (χ1n) is 7.05. The monoisotopic (exact) mass is 328 g/mol. The predicted octanol–water partition coefficient (Wildman–Crippen LogP) is 3.44. The zero-order chi connectivity index (χ0) is 16.2. The van der Waals surface area contributed by atoms with Crippen molar-refractivity contribution in [1.82, 2.24) is 20.2 Å². The third kappa shape index (κ3) is 3.34. The summed E-state index contributed by atoms with van der Waals surface area (Å²) in [5.74, 6) is 1.97. The molecule has 0 N–H and O–H groups in total. The number of pyridine rings is 2. The fourth-order valence-electron chi connectivity index (χ4n) is 2.22. The first-order valence-corrected chi connectivity index (χ1v) is 8.03. The van der Waals surface area contributed by atoms with Gasteiger partial charge in [-0.25, -0.2) is 0 Å². The number of methoxy groups -OCH3 is 1.